The van der Waals surface area contributed by atoms with Crippen LogP contribution in [0, 0.1) is 0 Å². The van der Waals surface area contributed by atoms with Gasteiger partial charge in [-0.15, -0.1) is 0 Å². The quantitative estimate of drug-likeness (QED) is 0.134. The number of rotatable bonds is 8. The maximum atomic E-state index is 12.8. The van der Waals surface area contributed by atoms with Crippen LogP contribution in [0.25, 0.3) is 0 Å². The number of para-hydroxylation sites is 4. The number of hydrogen-bond acceptors (Lipinski definition) is 4. The minimum absolute atomic E-state index is 0. The van der Waals surface area contributed by atoms with Crippen molar-refractivity contribution in [2.75, 3.05) is 0 Å². The van der Waals surface area contributed by atoms with Crippen LogP contribution in [0.3, 0.4) is 0 Å². The molecule has 0 N–H and O–H groups in total. The van der Waals surface area contributed by atoms with Gasteiger partial charge in [-0.3, -0.25) is 9.98 Å². The van der Waals surface area contributed by atoms with E-state index in [1.807, 2.05) is 36.4 Å². The van der Waals surface area contributed by atoms with Gasteiger partial charge in [0.05, 0.1) is 11.4 Å². The topological polar surface area (TPSA) is 70.8 Å². The number of nitrogens with zero attached hydrogens (tertiary/aromatic N) is 2. The molecule has 0 bridgehead atoms. The Morgan fingerprint density at radius 1 is 0.451 bits per heavy atom. The largest absolute Gasteiger partial charge is 2.00 e. The van der Waals surface area contributed by atoms with Crippen molar-refractivity contribution in [2.24, 2.45) is 9.98 Å². The average Bonchev–Trinajstić information content (AvgIpc) is 3.02. The molecule has 0 radical (unpaired) electrons. The van der Waals surface area contributed by atoms with Gasteiger partial charge in [0, 0.05) is 12.4 Å². The van der Waals surface area contributed by atoms with Crippen molar-refractivity contribution in [1.29, 1.82) is 0 Å². The van der Waals surface area contributed by atoms with Crippen LogP contribution in [0.5, 0.6) is 11.5 Å². The van der Waals surface area contributed by atoms with Crippen molar-refractivity contribution in [3.05, 3.63) is 117 Å². The van der Waals surface area contributed by atoms with Crippen LogP contribution < -0.4 is 10.2 Å². The third kappa shape index (κ3) is 11.1. The molecule has 5 heteroatoms. The van der Waals surface area contributed by atoms with Gasteiger partial charge in [-0.25, -0.2) is 0 Å². The van der Waals surface area contributed by atoms with Crippen LogP contribution in [-0.2, 0) is 27.3 Å². The Bertz CT molecular complexity index is 1620. The Hall–Kier alpha value is -3.69. The van der Waals surface area contributed by atoms with Gasteiger partial charge in [0.15, 0.2) is 0 Å². The molecule has 0 unspecified atom stereocenters. The second-order valence-electron chi connectivity index (χ2n) is 16.7. The van der Waals surface area contributed by atoms with Crippen molar-refractivity contribution in [3.63, 3.8) is 0 Å². The average molecular weight is 732 g/mol. The Morgan fingerprint density at radius 2 is 0.706 bits per heavy atom. The molecular formula is C46H60N2NiO2. The summed E-state index contributed by atoms with van der Waals surface area (Å²) in [6.07, 6.45) is 3.48. The fraction of sp³-hybridized carbons (Fsp3) is 0.435. The molecular weight excluding hydrogens is 671 g/mol. The van der Waals surface area contributed by atoms with Crippen LogP contribution in [0.15, 0.2) is 82.8 Å². The summed E-state index contributed by atoms with van der Waals surface area (Å²) in [5, 5.41) is 25.6. The van der Waals surface area contributed by atoms with Crippen LogP contribution in [0.2, 0.25) is 0 Å². The Balaban J connectivity index is 0.000000347. The van der Waals surface area contributed by atoms with E-state index in [0.29, 0.717) is 34.8 Å². The normalized spacial score (nSPS) is 12.3. The summed E-state index contributed by atoms with van der Waals surface area (Å²) in [7, 11) is 0. The zero-order valence-corrected chi connectivity index (χ0v) is 34.4. The third-order valence-corrected chi connectivity index (χ3v) is 9.06. The van der Waals surface area contributed by atoms with Crippen molar-refractivity contribution >= 4 is 23.8 Å². The summed E-state index contributed by atoms with van der Waals surface area (Å²) in [6, 6.07) is 24.2. The second kappa shape index (κ2) is 18.2. The molecule has 0 aliphatic rings. The molecule has 4 nitrogen and oxygen atoms in total. The minimum atomic E-state index is -0.167. The molecule has 0 aromatic heterocycles. The Kier molecular flexibility index (Phi) is 15.5. The van der Waals surface area contributed by atoms with E-state index in [-0.39, 0.29) is 38.8 Å². The fourth-order valence-corrected chi connectivity index (χ4v) is 6.08. The molecule has 51 heavy (non-hydrogen) atoms. The van der Waals surface area contributed by atoms with Gasteiger partial charge in [0.2, 0.25) is 0 Å². The maximum absolute atomic E-state index is 12.8. The SMILES string of the molecule is CC(C)c1cccc(C(C)C)c1N=Cc1cccc(C(C)(C)C)c1[O-].CC(C)c1cccc(C(C)C)c1N=Cc1cccc(C(C)(C)C)c1[O-].[Ni+2]. The summed E-state index contributed by atoms with van der Waals surface area (Å²) in [6.45, 7) is 29.8. The van der Waals surface area contributed by atoms with Gasteiger partial charge in [-0.1, -0.05) is 181 Å². The molecule has 0 atom stereocenters. The zero-order valence-electron chi connectivity index (χ0n) is 33.4. The summed E-state index contributed by atoms with van der Waals surface area (Å²) in [5.41, 5.74) is 9.55. The Morgan fingerprint density at radius 3 is 0.941 bits per heavy atom. The van der Waals surface area contributed by atoms with E-state index in [1.165, 1.54) is 22.3 Å². The molecule has 0 aliphatic heterocycles. The van der Waals surface area contributed by atoms with Gasteiger partial charge in [0.25, 0.3) is 0 Å². The van der Waals surface area contributed by atoms with Crippen molar-refractivity contribution in [1.82, 2.24) is 0 Å². The molecule has 0 spiro atoms. The predicted octanol–water partition coefficient (Wildman–Crippen LogP) is 12.1. The second-order valence-corrected chi connectivity index (χ2v) is 16.7. The molecule has 4 aromatic carbocycles. The van der Waals surface area contributed by atoms with Crippen molar-refractivity contribution in [2.45, 2.75) is 131 Å². The van der Waals surface area contributed by atoms with E-state index >= 15 is 0 Å². The van der Waals surface area contributed by atoms with E-state index in [1.54, 1.807) is 12.4 Å². The standard InChI is InChI=1S/2C23H31NO.Ni/c2*1-15(2)18-11-9-12-19(16(3)4)21(18)24-14-17-10-8-13-20(22(17)25)23(5,6)7;/h2*8-16,25H,1-7H3;/q;;+2/p-2. The monoisotopic (exact) mass is 730 g/mol. The van der Waals surface area contributed by atoms with Gasteiger partial charge < -0.3 is 10.2 Å². The fourth-order valence-electron chi connectivity index (χ4n) is 6.08. The van der Waals surface area contributed by atoms with Crippen LogP contribution >= 0.6 is 0 Å². The first-order chi connectivity index (χ1) is 23.2. The number of hydrogen-bond donors (Lipinski definition) is 0. The predicted molar refractivity (Wildman–Crippen MR) is 213 cm³/mol. The first-order valence-electron chi connectivity index (χ1n) is 18.2. The molecule has 4 rings (SSSR count). The van der Waals surface area contributed by atoms with E-state index in [2.05, 4.69) is 133 Å². The van der Waals surface area contributed by atoms with E-state index in [4.69, 9.17) is 9.98 Å². The number of benzene rings is 4. The molecule has 0 heterocycles. The summed E-state index contributed by atoms with van der Waals surface area (Å²) >= 11 is 0. The van der Waals surface area contributed by atoms with Gasteiger partial charge in [-0.05, 0) is 79.0 Å². The first-order valence-corrected chi connectivity index (χ1v) is 18.2. The third-order valence-electron chi connectivity index (χ3n) is 9.06. The first kappa shape index (κ1) is 43.5. The molecule has 0 aliphatic carbocycles. The van der Waals surface area contributed by atoms with Crippen LogP contribution in [-0.4, -0.2) is 12.4 Å². The van der Waals surface area contributed by atoms with Crippen LogP contribution in [0.1, 0.15) is 165 Å². The van der Waals surface area contributed by atoms with Crippen molar-refractivity contribution < 1.29 is 26.7 Å². The van der Waals surface area contributed by atoms with E-state index < -0.39 is 0 Å². The Labute approximate surface area is 319 Å². The summed E-state index contributed by atoms with van der Waals surface area (Å²) in [5.74, 6) is 1.70. The molecule has 0 saturated carbocycles. The molecule has 4 aromatic rings. The summed E-state index contributed by atoms with van der Waals surface area (Å²) in [4.78, 5) is 9.56. The van der Waals surface area contributed by atoms with Gasteiger partial charge in [-0.2, -0.15) is 0 Å². The molecule has 276 valence electrons. The smallest absolute Gasteiger partial charge is 0.872 e. The van der Waals surface area contributed by atoms with Crippen molar-refractivity contribution in [3.8, 4) is 11.5 Å². The molecule has 0 amide bonds. The van der Waals surface area contributed by atoms with Gasteiger partial charge >= 0.3 is 16.5 Å². The maximum Gasteiger partial charge on any atom is 2.00 e. The molecule has 0 saturated heterocycles. The van der Waals surface area contributed by atoms with Crippen LogP contribution in [0.4, 0.5) is 11.4 Å². The van der Waals surface area contributed by atoms with E-state index in [0.717, 1.165) is 22.5 Å². The number of aliphatic imine (C=N–C) groups is 2. The summed E-state index contributed by atoms with van der Waals surface area (Å²) < 4.78 is 0. The molecule has 0 fully saturated rings. The van der Waals surface area contributed by atoms with E-state index in [9.17, 15) is 10.2 Å². The van der Waals surface area contributed by atoms with Gasteiger partial charge in [0.1, 0.15) is 0 Å². The zero-order chi connectivity index (χ0) is 37.6. The minimum Gasteiger partial charge on any atom is -0.872 e.